The van der Waals surface area contributed by atoms with Crippen molar-refractivity contribution in [3.63, 3.8) is 0 Å². The van der Waals surface area contributed by atoms with Gasteiger partial charge in [0, 0.05) is 18.5 Å². The lowest BCUT2D eigenvalue weighted by molar-refractivity contribution is -0.0421. The second-order valence-corrected chi connectivity index (χ2v) is 6.03. The molecule has 1 atom stereocenters. The van der Waals surface area contributed by atoms with Crippen molar-refractivity contribution in [3.05, 3.63) is 76.7 Å². The standard InChI is InChI=1S/C19H19N3O2/c23-19-17-9-5-4-8-16(17)12-20-22(19)14-21-10-11-24-18(13-21)15-6-2-1-3-7-15/h1-9,12,18H,10-11,13-14H2. The van der Waals surface area contributed by atoms with Crippen molar-refractivity contribution in [3.8, 4) is 0 Å². The van der Waals surface area contributed by atoms with Gasteiger partial charge in [0.15, 0.2) is 0 Å². The zero-order valence-corrected chi connectivity index (χ0v) is 13.3. The smallest absolute Gasteiger partial charge is 0.275 e. The van der Waals surface area contributed by atoms with Gasteiger partial charge in [0.25, 0.3) is 5.56 Å². The molecular formula is C19H19N3O2. The number of ether oxygens (including phenoxy) is 1. The number of benzene rings is 2. The quantitative estimate of drug-likeness (QED) is 0.743. The van der Waals surface area contributed by atoms with E-state index in [1.54, 1.807) is 6.20 Å². The number of aromatic nitrogens is 2. The van der Waals surface area contributed by atoms with Crippen LogP contribution in [0.4, 0.5) is 0 Å². The van der Waals surface area contributed by atoms with E-state index < -0.39 is 0 Å². The van der Waals surface area contributed by atoms with Crippen LogP contribution in [-0.2, 0) is 11.4 Å². The first-order chi connectivity index (χ1) is 11.8. The largest absolute Gasteiger partial charge is 0.371 e. The summed E-state index contributed by atoms with van der Waals surface area (Å²) < 4.78 is 7.42. The number of hydrogen-bond acceptors (Lipinski definition) is 4. The van der Waals surface area contributed by atoms with E-state index >= 15 is 0 Å². The molecule has 2 aromatic carbocycles. The van der Waals surface area contributed by atoms with Gasteiger partial charge in [0.05, 0.1) is 31.0 Å². The van der Waals surface area contributed by atoms with Gasteiger partial charge in [-0.25, -0.2) is 4.68 Å². The van der Waals surface area contributed by atoms with Crippen molar-refractivity contribution in [2.75, 3.05) is 19.7 Å². The highest BCUT2D eigenvalue weighted by Crippen LogP contribution is 2.22. The third-order valence-corrected chi connectivity index (χ3v) is 4.42. The lowest BCUT2D eigenvalue weighted by Crippen LogP contribution is -2.42. The van der Waals surface area contributed by atoms with Crippen LogP contribution in [0.25, 0.3) is 10.8 Å². The van der Waals surface area contributed by atoms with Gasteiger partial charge in [-0.3, -0.25) is 9.69 Å². The maximum atomic E-state index is 12.6. The van der Waals surface area contributed by atoms with E-state index in [0.717, 1.165) is 18.5 Å². The monoisotopic (exact) mass is 321 g/mol. The number of rotatable bonds is 3. The third-order valence-electron chi connectivity index (χ3n) is 4.42. The van der Waals surface area contributed by atoms with Crippen LogP contribution < -0.4 is 5.56 Å². The van der Waals surface area contributed by atoms with Crippen LogP contribution in [0.3, 0.4) is 0 Å². The van der Waals surface area contributed by atoms with Crippen molar-refractivity contribution in [2.45, 2.75) is 12.8 Å². The van der Waals surface area contributed by atoms with Crippen molar-refractivity contribution < 1.29 is 4.74 Å². The average molecular weight is 321 g/mol. The van der Waals surface area contributed by atoms with Gasteiger partial charge < -0.3 is 4.74 Å². The Morgan fingerprint density at radius 2 is 1.88 bits per heavy atom. The summed E-state index contributed by atoms with van der Waals surface area (Å²) in [5.74, 6) is 0. The van der Waals surface area contributed by atoms with Gasteiger partial charge in [-0.05, 0) is 11.6 Å². The van der Waals surface area contributed by atoms with Crippen LogP contribution in [-0.4, -0.2) is 34.4 Å². The molecule has 24 heavy (non-hydrogen) atoms. The first-order valence-electron chi connectivity index (χ1n) is 8.15. The number of nitrogens with zero attached hydrogens (tertiary/aromatic N) is 3. The van der Waals surface area contributed by atoms with Crippen molar-refractivity contribution in [1.29, 1.82) is 0 Å². The summed E-state index contributed by atoms with van der Waals surface area (Å²) in [6.07, 6.45) is 1.79. The van der Waals surface area contributed by atoms with E-state index in [1.165, 1.54) is 10.2 Å². The molecule has 0 spiro atoms. The Morgan fingerprint density at radius 3 is 2.75 bits per heavy atom. The van der Waals surface area contributed by atoms with Gasteiger partial charge in [-0.2, -0.15) is 5.10 Å². The van der Waals surface area contributed by atoms with Crippen molar-refractivity contribution in [1.82, 2.24) is 14.7 Å². The predicted octanol–water partition coefficient (Wildman–Crippen LogP) is 2.43. The highest BCUT2D eigenvalue weighted by Gasteiger charge is 2.22. The molecule has 4 rings (SSSR count). The van der Waals surface area contributed by atoms with E-state index in [0.29, 0.717) is 18.7 Å². The lowest BCUT2D eigenvalue weighted by Gasteiger charge is -2.33. The summed E-state index contributed by atoms with van der Waals surface area (Å²) in [5.41, 5.74) is 1.12. The zero-order valence-electron chi connectivity index (χ0n) is 13.3. The molecule has 1 aliphatic rings. The first-order valence-corrected chi connectivity index (χ1v) is 8.15. The molecule has 1 unspecified atom stereocenters. The lowest BCUT2D eigenvalue weighted by atomic mass is 10.1. The fourth-order valence-electron chi connectivity index (χ4n) is 3.12. The van der Waals surface area contributed by atoms with Gasteiger partial charge >= 0.3 is 0 Å². The Kier molecular flexibility index (Phi) is 4.11. The van der Waals surface area contributed by atoms with Crippen molar-refractivity contribution in [2.24, 2.45) is 0 Å². The maximum Gasteiger partial charge on any atom is 0.275 e. The molecular weight excluding hydrogens is 302 g/mol. The zero-order chi connectivity index (χ0) is 16.4. The van der Waals surface area contributed by atoms with E-state index in [-0.39, 0.29) is 11.7 Å². The molecule has 1 aromatic heterocycles. The van der Waals surface area contributed by atoms with Gasteiger partial charge in [-0.1, -0.05) is 48.5 Å². The highest BCUT2D eigenvalue weighted by atomic mass is 16.5. The molecule has 5 heteroatoms. The fourth-order valence-corrected chi connectivity index (χ4v) is 3.12. The molecule has 1 fully saturated rings. The molecule has 2 heterocycles. The molecule has 0 radical (unpaired) electrons. The molecule has 0 amide bonds. The predicted molar refractivity (Wildman–Crippen MR) is 92.7 cm³/mol. The maximum absolute atomic E-state index is 12.6. The van der Waals surface area contributed by atoms with E-state index in [1.807, 2.05) is 42.5 Å². The van der Waals surface area contributed by atoms with Gasteiger partial charge in [-0.15, -0.1) is 0 Å². The Morgan fingerprint density at radius 1 is 1.08 bits per heavy atom. The highest BCUT2D eigenvalue weighted by molar-refractivity contribution is 5.80. The summed E-state index contributed by atoms with van der Waals surface area (Å²) in [6, 6.07) is 17.8. The summed E-state index contributed by atoms with van der Waals surface area (Å²) in [7, 11) is 0. The second-order valence-electron chi connectivity index (χ2n) is 6.03. The second kappa shape index (κ2) is 6.55. The number of fused-ring (bicyclic) bond motifs is 1. The molecule has 0 aliphatic carbocycles. The third kappa shape index (κ3) is 2.96. The van der Waals surface area contributed by atoms with Crippen LogP contribution >= 0.6 is 0 Å². The molecule has 1 saturated heterocycles. The molecule has 5 nitrogen and oxygen atoms in total. The van der Waals surface area contributed by atoms with E-state index in [2.05, 4.69) is 22.1 Å². The average Bonchev–Trinajstić information content (AvgIpc) is 2.65. The Labute approximate surface area is 140 Å². The van der Waals surface area contributed by atoms with Crippen LogP contribution in [0.5, 0.6) is 0 Å². The number of morpholine rings is 1. The number of hydrogen-bond donors (Lipinski definition) is 0. The SMILES string of the molecule is O=c1c2ccccc2cnn1CN1CCOC(c2ccccc2)C1. The molecule has 0 bridgehead atoms. The molecule has 1 aliphatic heterocycles. The van der Waals surface area contributed by atoms with E-state index in [4.69, 9.17) is 4.74 Å². The summed E-state index contributed by atoms with van der Waals surface area (Å²) in [5, 5.41) is 5.91. The van der Waals surface area contributed by atoms with Crippen LogP contribution in [0.15, 0.2) is 65.6 Å². The molecule has 0 N–H and O–H groups in total. The van der Waals surface area contributed by atoms with Crippen LogP contribution in [0.2, 0.25) is 0 Å². The first kappa shape index (κ1) is 15.1. The normalized spacial score (nSPS) is 18.8. The topological polar surface area (TPSA) is 47.4 Å². The van der Waals surface area contributed by atoms with Crippen LogP contribution in [0.1, 0.15) is 11.7 Å². The molecule has 3 aromatic rings. The van der Waals surface area contributed by atoms with Crippen molar-refractivity contribution >= 4 is 10.8 Å². The van der Waals surface area contributed by atoms with Gasteiger partial charge in [0.2, 0.25) is 0 Å². The summed E-state index contributed by atoms with van der Waals surface area (Å²) in [4.78, 5) is 14.8. The summed E-state index contributed by atoms with van der Waals surface area (Å²) >= 11 is 0. The minimum Gasteiger partial charge on any atom is -0.371 e. The van der Waals surface area contributed by atoms with Crippen LogP contribution in [0, 0.1) is 0 Å². The summed E-state index contributed by atoms with van der Waals surface area (Å²) in [6.45, 7) is 2.69. The van der Waals surface area contributed by atoms with Gasteiger partial charge in [0.1, 0.15) is 0 Å². The Balaban J connectivity index is 1.55. The molecule has 122 valence electrons. The van der Waals surface area contributed by atoms with E-state index in [9.17, 15) is 4.79 Å². The minimum atomic E-state index is -0.0455. The molecule has 0 saturated carbocycles. The fraction of sp³-hybridized carbons (Fsp3) is 0.263. The Bertz CT molecular complexity index is 892. The Hall–Kier alpha value is -2.50. The minimum absolute atomic E-state index is 0.0381.